The fourth-order valence-electron chi connectivity index (χ4n) is 1.72. The molecule has 9 heteroatoms. The molecule has 1 heterocycles. The number of aromatic amines is 1. The molecule has 1 N–H and O–H groups in total. The highest BCUT2D eigenvalue weighted by molar-refractivity contribution is 9.10. The number of methoxy groups -OCH3 is 1. The molecule has 1 aromatic carbocycles. The van der Waals surface area contributed by atoms with E-state index in [2.05, 4.69) is 15.9 Å². The van der Waals surface area contributed by atoms with Crippen molar-refractivity contribution in [3.05, 3.63) is 54.2 Å². The number of H-pyrrole nitrogens is 1. The van der Waals surface area contributed by atoms with Crippen molar-refractivity contribution in [3.63, 3.8) is 0 Å². The summed E-state index contributed by atoms with van der Waals surface area (Å²) in [6.07, 6.45) is -2.95. The molecule has 0 amide bonds. The molecule has 1 aromatic heterocycles. The van der Waals surface area contributed by atoms with Gasteiger partial charge in [-0.25, -0.2) is 18.1 Å². The van der Waals surface area contributed by atoms with Gasteiger partial charge in [-0.1, -0.05) is 11.6 Å². The normalized spacial score (nSPS) is 11.0. The Morgan fingerprint density at radius 3 is 2.52 bits per heavy atom. The van der Waals surface area contributed by atoms with Gasteiger partial charge >= 0.3 is 5.69 Å². The van der Waals surface area contributed by atoms with Crippen molar-refractivity contribution < 1.29 is 13.5 Å². The van der Waals surface area contributed by atoms with Gasteiger partial charge in [-0.05, 0) is 22.0 Å². The minimum Gasteiger partial charge on any atom is -0.494 e. The number of hydrogen-bond donors (Lipinski definition) is 1. The molecule has 0 saturated heterocycles. The van der Waals surface area contributed by atoms with E-state index in [1.54, 1.807) is 0 Å². The average Bonchev–Trinajstić information content (AvgIpc) is 2.41. The average molecular weight is 382 g/mol. The molecule has 0 aliphatic rings. The van der Waals surface area contributed by atoms with Crippen LogP contribution < -0.4 is 16.0 Å². The molecule has 0 spiro atoms. The van der Waals surface area contributed by atoms with E-state index < -0.39 is 23.4 Å². The van der Waals surface area contributed by atoms with Crippen molar-refractivity contribution in [2.45, 2.75) is 6.43 Å². The first-order valence-electron chi connectivity index (χ1n) is 5.53. The summed E-state index contributed by atoms with van der Waals surface area (Å²) in [5.41, 5.74) is -2.55. The third-order valence-corrected chi connectivity index (χ3v) is 3.85. The second kappa shape index (κ2) is 5.98. The zero-order valence-electron chi connectivity index (χ0n) is 10.5. The summed E-state index contributed by atoms with van der Waals surface area (Å²) < 4.78 is 31.3. The highest BCUT2D eigenvalue weighted by Crippen LogP contribution is 2.32. The molecule has 0 atom stereocenters. The SMILES string of the molecule is COc1cc(Cl)c(Br)cc1-n1c(=O)cc(C(F)F)[nH]c1=O. The molecular formula is C12H8BrClF2N2O3. The number of nitrogens with one attached hydrogen (secondary N) is 1. The summed E-state index contributed by atoms with van der Waals surface area (Å²) in [5.74, 6) is 0.153. The van der Waals surface area contributed by atoms with Gasteiger partial charge in [0.2, 0.25) is 0 Å². The van der Waals surface area contributed by atoms with Crippen molar-refractivity contribution in [2.24, 2.45) is 0 Å². The summed E-state index contributed by atoms with van der Waals surface area (Å²) in [6.45, 7) is 0. The van der Waals surface area contributed by atoms with Gasteiger partial charge in [-0.3, -0.25) is 4.79 Å². The van der Waals surface area contributed by atoms with Crippen LogP contribution in [0.5, 0.6) is 5.75 Å². The third-order valence-electron chi connectivity index (χ3n) is 2.65. The van der Waals surface area contributed by atoms with Gasteiger partial charge in [0.05, 0.1) is 23.5 Å². The largest absolute Gasteiger partial charge is 0.494 e. The van der Waals surface area contributed by atoms with Crippen LogP contribution in [0.4, 0.5) is 8.78 Å². The Balaban J connectivity index is 2.77. The van der Waals surface area contributed by atoms with E-state index in [-0.39, 0.29) is 11.4 Å². The Bertz CT molecular complexity index is 773. The van der Waals surface area contributed by atoms with Gasteiger partial charge in [0.25, 0.3) is 12.0 Å². The highest BCUT2D eigenvalue weighted by atomic mass is 79.9. The molecule has 0 radical (unpaired) electrons. The zero-order chi connectivity index (χ0) is 15.7. The maximum Gasteiger partial charge on any atom is 0.333 e. The second-order valence-electron chi connectivity index (χ2n) is 3.94. The van der Waals surface area contributed by atoms with Gasteiger partial charge in [0.1, 0.15) is 5.75 Å². The molecule has 5 nitrogen and oxygen atoms in total. The monoisotopic (exact) mass is 380 g/mol. The number of rotatable bonds is 3. The van der Waals surface area contributed by atoms with Crippen LogP contribution in [0.25, 0.3) is 5.69 Å². The third kappa shape index (κ3) is 3.01. The molecular weight excluding hydrogens is 373 g/mol. The van der Waals surface area contributed by atoms with E-state index in [0.717, 1.165) is 0 Å². The predicted octanol–water partition coefficient (Wildman–Crippen LogP) is 2.89. The van der Waals surface area contributed by atoms with Crippen LogP contribution in [0, 0.1) is 0 Å². The Kier molecular flexibility index (Phi) is 4.48. The molecule has 0 saturated carbocycles. The van der Waals surface area contributed by atoms with Crippen LogP contribution in [-0.2, 0) is 0 Å². The first-order valence-corrected chi connectivity index (χ1v) is 6.70. The number of benzene rings is 1. The summed E-state index contributed by atoms with van der Waals surface area (Å²) >= 11 is 9.06. The fourth-order valence-corrected chi connectivity index (χ4v) is 2.20. The lowest BCUT2D eigenvalue weighted by Gasteiger charge is -2.12. The van der Waals surface area contributed by atoms with E-state index >= 15 is 0 Å². The summed E-state index contributed by atoms with van der Waals surface area (Å²) in [5, 5.41) is 0.310. The Labute approximate surface area is 130 Å². The molecule has 0 bridgehead atoms. The molecule has 2 aromatic rings. The fraction of sp³-hybridized carbons (Fsp3) is 0.167. The predicted molar refractivity (Wildman–Crippen MR) is 76.9 cm³/mol. The number of halogens is 4. The molecule has 0 unspecified atom stereocenters. The highest BCUT2D eigenvalue weighted by Gasteiger charge is 2.17. The lowest BCUT2D eigenvalue weighted by molar-refractivity contribution is 0.145. The molecule has 112 valence electrons. The van der Waals surface area contributed by atoms with Crippen molar-refractivity contribution in [1.29, 1.82) is 0 Å². The van der Waals surface area contributed by atoms with Crippen LogP contribution in [0.1, 0.15) is 12.1 Å². The number of hydrogen-bond acceptors (Lipinski definition) is 3. The van der Waals surface area contributed by atoms with E-state index in [4.69, 9.17) is 16.3 Å². The topological polar surface area (TPSA) is 64.1 Å². The number of nitrogens with zero attached hydrogens (tertiary/aromatic N) is 1. The Morgan fingerprint density at radius 1 is 1.33 bits per heavy atom. The van der Waals surface area contributed by atoms with Crippen LogP contribution in [-0.4, -0.2) is 16.7 Å². The van der Waals surface area contributed by atoms with E-state index in [9.17, 15) is 18.4 Å². The van der Waals surface area contributed by atoms with Crippen molar-refractivity contribution in [1.82, 2.24) is 9.55 Å². The standard InChI is InChI=1S/C12H8BrClF2N2O3/c1-21-9-3-6(14)5(13)2-8(9)18-10(19)4-7(11(15)16)17-12(18)20/h2-4,11H,1H3,(H,17,20). The molecule has 0 aliphatic heterocycles. The van der Waals surface area contributed by atoms with E-state index in [1.807, 2.05) is 4.98 Å². The van der Waals surface area contributed by atoms with Gasteiger partial charge in [0, 0.05) is 16.6 Å². The smallest absolute Gasteiger partial charge is 0.333 e. The maximum atomic E-state index is 12.6. The van der Waals surface area contributed by atoms with Crippen molar-refractivity contribution >= 4 is 27.5 Å². The van der Waals surface area contributed by atoms with Gasteiger partial charge in [-0.2, -0.15) is 0 Å². The van der Waals surface area contributed by atoms with E-state index in [1.165, 1.54) is 19.2 Å². The molecule has 21 heavy (non-hydrogen) atoms. The minimum absolute atomic E-state index is 0.0841. The van der Waals surface area contributed by atoms with Crippen molar-refractivity contribution in [3.8, 4) is 11.4 Å². The van der Waals surface area contributed by atoms with Crippen LogP contribution >= 0.6 is 27.5 Å². The van der Waals surface area contributed by atoms with Gasteiger partial charge in [-0.15, -0.1) is 0 Å². The quantitative estimate of drug-likeness (QED) is 0.889. The Hall–Kier alpha value is -1.67. The minimum atomic E-state index is -2.95. The van der Waals surface area contributed by atoms with Crippen molar-refractivity contribution in [2.75, 3.05) is 7.11 Å². The van der Waals surface area contributed by atoms with Gasteiger partial charge < -0.3 is 9.72 Å². The lowest BCUT2D eigenvalue weighted by Crippen LogP contribution is -2.34. The first-order chi connectivity index (χ1) is 9.85. The second-order valence-corrected chi connectivity index (χ2v) is 5.20. The van der Waals surface area contributed by atoms with Crippen LogP contribution in [0.15, 0.2) is 32.3 Å². The van der Waals surface area contributed by atoms with E-state index in [0.29, 0.717) is 20.1 Å². The number of aromatic nitrogens is 2. The summed E-state index contributed by atoms with van der Waals surface area (Å²) in [6, 6.07) is 3.45. The summed E-state index contributed by atoms with van der Waals surface area (Å²) in [7, 11) is 1.33. The first kappa shape index (κ1) is 15.7. The van der Waals surface area contributed by atoms with Gasteiger partial charge in [0.15, 0.2) is 0 Å². The molecule has 0 fully saturated rings. The maximum absolute atomic E-state index is 12.6. The lowest BCUT2D eigenvalue weighted by atomic mass is 10.3. The number of alkyl halides is 2. The molecule has 2 rings (SSSR count). The zero-order valence-corrected chi connectivity index (χ0v) is 12.8. The Morgan fingerprint density at radius 2 is 2.00 bits per heavy atom. The molecule has 0 aliphatic carbocycles. The number of ether oxygens (including phenoxy) is 1. The van der Waals surface area contributed by atoms with Crippen LogP contribution in [0.2, 0.25) is 5.02 Å². The van der Waals surface area contributed by atoms with Crippen LogP contribution in [0.3, 0.4) is 0 Å². The summed E-state index contributed by atoms with van der Waals surface area (Å²) in [4.78, 5) is 25.8.